The molecule has 8 heteroatoms. The lowest BCUT2D eigenvalue weighted by molar-refractivity contribution is 0.0782. The number of hydrogen-bond acceptors (Lipinski definition) is 6. The van der Waals surface area contributed by atoms with Crippen molar-refractivity contribution in [3.8, 4) is 11.1 Å². The molecular weight excluding hydrogens is 423 g/mol. The molecule has 0 radical (unpaired) electrons. The molecule has 0 saturated heterocycles. The van der Waals surface area contributed by atoms with E-state index in [4.69, 9.17) is 9.51 Å². The van der Waals surface area contributed by atoms with Crippen LogP contribution in [-0.4, -0.2) is 36.2 Å². The smallest absolute Gasteiger partial charge is 0.229 e. The number of rotatable bonds is 7. The maximum atomic E-state index is 13.6. The Bertz CT molecular complexity index is 1320. The summed E-state index contributed by atoms with van der Waals surface area (Å²) in [6.07, 6.45) is 0.544. The summed E-state index contributed by atoms with van der Waals surface area (Å²) in [5, 5.41) is 14.1. The highest BCUT2D eigenvalue weighted by molar-refractivity contribution is 6.04. The van der Waals surface area contributed by atoms with Gasteiger partial charge in [0, 0.05) is 36.9 Å². The van der Waals surface area contributed by atoms with Crippen molar-refractivity contribution in [2.45, 2.75) is 52.1 Å². The number of nitrogens with zero attached hydrogens (tertiary/aromatic N) is 4. The van der Waals surface area contributed by atoms with Crippen molar-refractivity contribution in [3.63, 3.8) is 0 Å². The van der Waals surface area contributed by atoms with E-state index in [1.807, 2.05) is 24.6 Å². The minimum Gasteiger partial charge on any atom is -0.390 e. The molecule has 172 valence electrons. The summed E-state index contributed by atoms with van der Waals surface area (Å²) in [7, 11) is 1.86. The third-order valence-electron chi connectivity index (χ3n) is 5.60. The minimum absolute atomic E-state index is 0.0751. The van der Waals surface area contributed by atoms with Crippen LogP contribution in [0.25, 0.3) is 22.2 Å². The predicted octanol–water partition coefficient (Wildman–Crippen LogP) is 4.76. The summed E-state index contributed by atoms with van der Waals surface area (Å²) in [5.74, 6) is 0.997. The van der Waals surface area contributed by atoms with Gasteiger partial charge >= 0.3 is 0 Å². The second-order valence-electron chi connectivity index (χ2n) is 9.18. The van der Waals surface area contributed by atoms with E-state index in [0.717, 1.165) is 16.6 Å². The van der Waals surface area contributed by atoms with Crippen molar-refractivity contribution in [2.24, 2.45) is 7.05 Å². The van der Waals surface area contributed by atoms with Crippen LogP contribution in [0.1, 0.15) is 61.0 Å². The molecule has 0 fully saturated rings. The molecule has 4 aromatic rings. The molecule has 7 nitrogen and oxygen atoms in total. The first kappa shape index (κ1) is 22.8. The molecule has 0 aliphatic carbocycles. The molecule has 2 aromatic carbocycles. The number of aryl methyl sites for hydroxylation is 2. The Morgan fingerprint density at radius 3 is 2.52 bits per heavy atom. The van der Waals surface area contributed by atoms with Crippen LogP contribution in [0.4, 0.5) is 4.39 Å². The maximum Gasteiger partial charge on any atom is 0.229 e. The van der Waals surface area contributed by atoms with Gasteiger partial charge in [0.05, 0.1) is 16.6 Å². The summed E-state index contributed by atoms with van der Waals surface area (Å²) in [5.41, 5.74) is 2.52. The van der Waals surface area contributed by atoms with Crippen molar-refractivity contribution in [1.82, 2.24) is 19.7 Å². The number of hydrogen-bond donors (Lipinski definition) is 1. The van der Waals surface area contributed by atoms with Crippen molar-refractivity contribution in [2.75, 3.05) is 0 Å². The van der Waals surface area contributed by atoms with Crippen LogP contribution >= 0.6 is 0 Å². The fraction of sp³-hybridized carbons (Fsp3) is 0.360. The lowest BCUT2D eigenvalue weighted by Gasteiger charge is -2.16. The molecule has 2 aromatic heterocycles. The summed E-state index contributed by atoms with van der Waals surface area (Å²) in [6.45, 7) is 7.06. The Hall–Kier alpha value is -3.39. The summed E-state index contributed by atoms with van der Waals surface area (Å²) < 4.78 is 20.7. The molecular formula is C25H27FN4O3. The maximum absolute atomic E-state index is 13.6. The number of imidazole rings is 1. The normalized spacial score (nSPS) is 12.9. The number of fused-ring (bicyclic) bond motifs is 1. The molecule has 0 aliphatic heterocycles. The van der Waals surface area contributed by atoms with Gasteiger partial charge in [-0.3, -0.25) is 4.79 Å². The quantitative estimate of drug-likeness (QED) is 0.408. The fourth-order valence-corrected chi connectivity index (χ4v) is 3.89. The average Bonchev–Trinajstić information content (AvgIpc) is 3.31. The number of Topliss-reactive ketones (excluding diaryl/α,β-unsaturated/α-hetero) is 1. The predicted molar refractivity (Wildman–Crippen MR) is 123 cm³/mol. The van der Waals surface area contributed by atoms with Crippen LogP contribution in [0.3, 0.4) is 0 Å². The van der Waals surface area contributed by atoms with Crippen LogP contribution in [0.2, 0.25) is 0 Å². The third-order valence-corrected chi connectivity index (χ3v) is 5.60. The van der Waals surface area contributed by atoms with Crippen LogP contribution < -0.4 is 0 Å². The highest BCUT2D eigenvalue weighted by Crippen LogP contribution is 2.32. The van der Waals surface area contributed by atoms with Gasteiger partial charge in [0.25, 0.3) is 0 Å². The van der Waals surface area contributed by atoms with Crippen LogP contribution in [0, 0.1) is 12.7 Å². The third kappa shape index (κ3) is 4.85. The first-order valence-electron chi connectivity index (χ1n) is 10.8. The summed E-state index contributed by atoms with van der Waals surface area (Å²) >= 11 is 0. The van der Waals surface area contributed by atoms with E-state index in [0.29, 0.717) is 35.0 Å². The zero-order chi connectivity index (χ0) is 23.9. The molecule has 0 spiro atoms. The topological polar surface area (TPSA) is 94.0 Å². The number of carbonyl (C=O) groups is 1. The molecule has 0 bridgehead atoms. The van der Waals surface area contributed by atoms with E-state index in [-0.39, 0.29) is 23.9 Å². The Morgan fingerprint density at radius 1 is 1.21 bits per heavy atom. The molecule has 0 amide bonds. The molecule has 4 rings (SSSR count). The average molecular weight is 451 g/mol. The van der Waals surface area contributed by atoms with Gasteiger partial charge in [0.1, 0.15) is 11.6 Å². The van der Waals surface area contributed by atoms with Gasteiger partial charge in [-0.15, -0.1) is 0 Å². The monoisotopic (exact) mass is 450 g/mol. The Kier molecular flexibility index (Phi) is 5.88. The zero-order valence-electron chi connectivity index (χ0n) is 19.4. The molecule has 33 heavy (non-hydrogen) atoms. The molecule has 0 aliphatic rings. The largest absolute Gasteiger partial charge is 0.390 e. The second-order valence-corrected chi connectivity index (χ2v) is 9.18. The van der Waals surface area contributed by atoms with E-state index in [2.05, 4.69) is 10.1 Å². The molecule has 2 heterocycles. The van der Waals surface area contributed by atoms with Gasteiger partial charge in [-0.2, -0.15) is 4.98 Å². The number of ketones is 1. The highest BCUT2D eigenvalue weighted by Gasteiger charge is 2.23. The minimum atomic E-state index is -0.943. The van der Waals surface area contributed by atoms with E-state index in [1.54, 1.807) is 39.0 Å². The Morgan fingerprint density at radius 2 is 1.91 bits per heavy atom. The van der Waals surface area contributed by atoms with Crippen LogP contribution in [0.5, 0.6) is 0 Å². The lowest BCUT2D eigenvalue weighted by atomic mass is 9.95. The zero-order valence-corrected chi connectivity index (χ0v) is 19.4. The standard InChI is InChI=1S/C25H27FN4O3/c1-14(24-27-15(2)29-33-24)10-21(31)17-11-19(16-6-8-18(26)9-7-16)23-20(12-17)30(5)22(28-23)13-25(3,4)32/h6-9,11-12,14,32H,10,13H2,1-5H3/t14-/m0/s1. The number of aliphatic hydroxyl groups is 1. The van der Waals surface area contributed by atoms with Crippen LogP contribution in [0.15, 0.2) is 40.9 Å². The Balaban J connectivity index is 1.80. The molecule has 0 saturated carbocycles. The van der Waals surface area contributed by atoms with Crippen LogP contribution in [-0.2, 0) is 13.5 Å². The number of aromatic nitrogens is 4. The van der Waals surface area contributed by atoms with Crippen molar-refractivity contribution >= 4 is 16.8 Å². The van der Waals surface area contributed by atoms with Gasteiger partial charge < -0.3 is 14.2 Å². The molecule has 1 atom stereocenters. The Labute approximate surface area is 191 Å². The van der Waals surface area contributed by atoms with Crippen molar-refractivity contribution in [1.29, 1.82) is 0 Å². The van der Waals surface area contributed by atoms with E-state index < -0.39 is 5.60 Å². The SMILES string of the molecule is Cc1noc([C@@H](C)CC(=O)c2cc(-c3ccc(F)cc3)c3nc(CC(C)(C)O)n(C)c3c2)n1. The summed E-state index contributed by atoms with van der Waals surface area (Å²) in [4.78, 5) is 22.2. The van der Waals surface area contributed by atoms with Gasteiger partial charge in [-0.25, -0.2) is 9.37 Å². The summed E-state index contributed by atoms with van der Waals surface area (Å²) in [6, 6.07) is 9.73. The molecule has 0 unspecified atom stereocenters. The van der Waals surface area contributed by atoms with E-state index in [1.165, 1.54) is 12.1 Å². The van der Waals surface area contributed by atoms with Crippen molar-refractivity contribution < 1.29 is 18.8 Å². The van der Waals surface area contributed by atoms with Crippen molar-refractivity contribution in [3.05, 3.63) is 65.3 Å². The van der Waals surface area contributed by atoms with Gasteiger partial charge in [0.2, 0.25) is 5.89 Å². The first-order chi connectivity index (χ1) is 15.5. The highest BCUT2D eigenvalue weighted by atomic mass is 19.1. The lowest BCUT2D eigenvalue weighted by Crippen LogP contribution is -2.23. The number of halogens is 1. The number of benzene rings is 2. The number of carbonyl (C=O) groups excluding carboxylic acids is 1. The first-order valence-corrected chi connectivity index (χ1v) is 10.8. The van der Waals surface area contributed by atoms with Gasteiger partial charge in [-0.05, 0) is 50.6 Å². The second kappa shape index (κ2) is 8.51. The fourth-order valence-electron chi connectivity index (χ4n) is 3.89. The van der Waals surface area contributed by atoms with E-state index >= 15 is 0 Å². The molecule has 1 N–H and O–H groups in total. The van der Waals surface area contributed by atoms with Gasteiger partial charge in [0.15, 0.2) is 11.6 Å². The van der Waals surface area contributed by atoms with Gasteiger partial charge in [-0.1, -0.05) is 24.2 Å². The van der Waals surface area contributed by atoms with E-state index in [9.17, 15) is 14.3 Å².